The summed E-state index contributed by atoms with van der Waals surface area (Å²) in [5.74, 6) is -0.540. The second kappa shape index (κ2) is 9.85. The van der Waals surface area contributed by atoms with Gasteiger partial charge in [0, 0.05) is 28.6 Å². The number of rotatable bonds is 8. The number of aromatic nitrogens is 1. The summed E-state index contributed by atoms with van der Waals surface area (Å²) in [5, 5.41) is 11.9. The van der Waals surface area contributed by atoms with Crippen LogP contribution in [0.2, 0.25) is 0 Å². The number of primary amides is 1. The summed E-state index contributed by atoms with van der Waals surface area (Å²) in [4.78, 5) is 25.1. The van der Waals surface area contributed by atoms with Crippen molar-refractivity contribution in [2.45, 2.75) is 26.4 Å². The van der Waals surface area contributed by atoms with E-state index >= 15 is 0 Å². The van der Waals surface area contributed by atoms with Gasteiger partial charge in [-0.05, 0) is 41.3 Å². The van der Waals surface area contributed by atoms with Gasteiger partial charge in [-0.3, -0.25) is 15.0 Å². The minimum absolute atomic E-state index is 0.0413. The summed E-state index contributed by atoms with van der Waals surface area (Å²) in [6, 6.07) is 24.1. The fraction of sp³-hybridized carbons (Fsp3) is 0.179. The minimum Gasteiger partial charge on any atom is -0.384 e. The number of benzene rings is 3. The molecule has 178 valence electrons. The predicted octanol–water partition coefficient (Wildman–Crippen LogP) is 4.20. The van der Waals surface area contributed by atoms with Gasteiger partial charge in [0.05, 0.1) is 6.04 Å². The lowest BCUT2D eigenvalue weighted by Gasteiger charge is -2.23. The number of amides is 2. The van der Waals surface area contributed by atoms with Crippen LogP contribution in [0, 0.1) is 11.3 Å². The van der Waals surface area contributed by atoms with Gasteiger partial charge in [0.15, 0.2) is 0 Å². The Kier molecular flexibility index (Phi) is 6.68. The van der Waals surface area contributed by atoms with Crippen molar-refractivity contribution in [3.05, 3.63) is 107 Å². The van der Waals surface area contributed by atoms with Gasteiger partial charge in [-0.15, -0.1) is 0 Å². The lowest BCUT2D eigenvalue weighted by atomic mass is 9.96. The van der Waals surface area contributed by atoms with Gasteiger partial charge in [-0.2, -0.15) is 0 Å². The Labute approximate surface area is 204 Å². The molecule has 0 saturated heterocycles. The molecule has 1 aromatic heterocycles. The van der Waals surface area contributed by atoms with Gasteiger partial charge >= 0.3 is 0 Å². The van der Waals surface area contributed by atoms with E-state index in [0.717, 1.165) is 22.0 Å². The van der Waals surface area contributed by atoms with Crippen molar-refractivity contribution in [2.24, 2.45) is 17.4 Å². The van der Waals surface area contributed by atoms with E-state index in [4.69, 9.17) is 16.9 Å². The number of nitrogens with one attached hydrogen (secondary N) is 2. The van der Waals surface area contributed by atoms with Crippen molar-refractivity contribution in [1.82, 2.24) is 9.88 Å². The molecule has 2 amide bonds. The lowest BCUT2D eigenvalue weighted by molar-refractivity contribution is 0.0916. The van der Waals surface area contributed by atoms with Crippen LogP contribution in [0.4, 0.5) is 0 Å². The third kappa shape index (κ3) is 5.09. The molecule has 4 rings (SSSR count). The third-order valence-corrected chi connectivity index (χ3v) is 6.14. The molecule has 1 atom stereocenters. The molecule has 0 aliphatic rings. The summed E-state index contributed by atoms with van der Waals surface area (Å²) < 4.78 is 1.92. The van der Waals surface area contributed by atoms with E-state index in [0.29, 0.717) is 23.4 Å². The fourth-order valence-corrected chi connectivity index (χ4v) is 4.25. The Hall–Kier alpha value is -4.39. The van der Waals surface area contributed by atoms with E-state index in [2.05, 4.69) is 19.2 Å². The van der Waals surface area contributed by atoms with E-state index in [-0.39, 0.29) is 23.7 Å². The second-order valence-electron chi connectivity index (χ2n) is 8.97. The first kappa shape index (κ1) is 23.8. The zero-order valence-electron chi connectivity index (χ0n) is 19.8. The summed E-state index contributed by atoms with van der Waals surface area (Å²) in [5.41, 5.74) is 15.3. The largest absolute Gasteiger partial charge is 0.384 e. The second-order valence-corrected chi connectivity index (χ2v) is 8.97. The first-order valence-electron chi connectivity index (χ1n) is 11.5. The third-order valence-electron chi connectivity index (χ3n) is 6.14. The number of carbonyl (C=O) groups is 2. The standard InChI is InChI=1S/C28H29N5O2/c1-17(2)25(19-6-4-3-5-7-19)32-28(35)24-14-21-12-13-22(26(29)30)15-23(21)33(24)16-18-8-10-20(11-9-18)27(31)34/h3-15,17,25H,16H2,1-2H3,(H3,29,30)(H2,31,34)(H,32,35)/t25-/m0/s1. The maximum Gasteiger partial charge on any atom is 0.268 e. The highest BCUT2D eigenvalue weighted by molar-refractivity contribution is 6.02. The number of nitrogen functional groups attached to an aromatic ring is 1. The highest BCUT2D eigenvalue weighted by atomic mass is 16.2. The molecule has 6 N–H and O–H groups in total. The number of fused-ring (bicyclic) bond motifs is 1. The average molecular weight is 468 g/mol. The molecule has 0 saturated carbocycles. The number of amidine groups is 1. The molecule has 7 nitrogen and oxygen atoms in total. The first-order valence-corrected chi connectivity index (χ1v) is 11.5. The van der Waals surface area contributed by atoms with Crippen molar-refractivity contribution in [3.8, 4) is 0 Å². The molecule has 7 heteroatoms. The average Bonchev–Trinajstić information content (AvgIpc) is 3.20. The molecule has 0 fully saturated rings. The zero-order valence-corrected chi connectivity index (χ0v) is 19.8. The first-order chi connectivity index (χ1) is 16.7. The Morgan fingerprint density at radius 1 is 0.914 bits per heavy atom. The Morgan fingerprint density at radius 3 is 2.17 bits per heavy atom. The van der Waals surface area contributed by atoms with Crippen LogP contribution in [-0.2, 0) is 6.54 Å². The smallest absolute Gasteiger partial charge is 0.268 e. The van der Waals surface area contributed by atoms with Crippen molar-refractivity contribution in [1.29, 1.82) is 5.41 Å². The van der Waals surface area contributed by atoms with Gasteiger partial charge in [-0.1, -0.05) is 68.4 Å². The molecule has 0 bridgehead atoms. The summed E-state index contributed by atoms with van der Waals surface area (Å²) in [7, 11) is 0. The topological polar surface area (TPSA) is 127 Å². The van der Waals surface area contributed by atoms with Crippen LogP contribution < -0.4 is 16.8 Å². The van der Waals surface area contributed by atoms with E-state index in [1.165, 1.54) is 0 Å². The monoisotopic (exact) mass is 467 g/mol. The molecule has 0 radical (unpaired) electrons. The molecular weight excluding hydrogens is 438 g/mol. The van der Waals surface area contributed by atoms with Crippen molar-refractivity contribution >= 4 is 28.6 Å². The van der Waals surface area contributed by atoms with E-state index in [1.54, 1.807) is 18.2 Å². The molecular formula is C28H29N5O2. The van der Waals surface area contributed by atoms with Crippen LogP contribution in [0.5, 0.6) is 0 Å². The molecule has 0 aliphatic heterocycles. The van der Waals surface area contributed by atoms with Crippen molar-refractivity contribution < 1.29 is 9.59 Å². The Morgan fingerprint density at radius 2 is 1.57 bits per heavy atom. The minimum atomic E-state index is -0.491. The molecule has 35 heavy (non-hydrogen) atoms. The summed E-state index contributed by atoms with van der Waals surface area (Å²) in [6.45, 7) is 4.55. The van der Waals surface area contributed by atoms with Crippen LogP contribution in [0.15, 0.2) is 78.9 Å². The molecule has 1 heterocycles. The number of nitrogens with two attached hydrogens (primary N) is 2. The number of nitrogens with zero attached hydrogens (tertiary/aromatic N) is 1. The van der Waals surface area contributed by atoms with Crippen LogP contribution in [0.25, 0.3) is 10.9 Å². The number of hydrogen-bond acceptors (Lipinski definition) is 3. The Bertz CT molecular complexity index is 1390. The van der Waals surface area contributed by atoms with Gasteiger partial charge in [0.1, 0.15) is 11.5 Å². The van der Waals surface area contributed by atoms with Gasteiger partial charge in [0.25, 0.3) is 5.91 Å². The van der Waals surface area contributed by atoms with Gasteiger partial charge in [-0.25, -0.2) is 0 Å². The summed E-state index contributed by atoms with van der Waals surface area (Å²) >= 11 is 0. The maximum absolute atomic E-state index is 13.6. The predicted molar refractivity (Wildman–Crippen MR) is 139 cm³/mol. The van der Waals surface area contributed by atoms with Crippen LogP contribution in [-0.4, -0.2) is 22.2 Å². The molecule has 0 unspecified atom stereocenters. The molecule has 3 aromatic carbocycles. The molecule has 0 aliphatic carbocycles. The van der Waals surface area contributed by atoms with Crippen molar-refractivity contribution in [2.75, 3.05) is 0 Å². The number of hydrogen-bond donors (Lipinski definition) is 4. The summed E-state index contributed by atoms with van der Waals surface area (Å²) in [6.07, 6.45) is 0. The van der Waals surface area contributed by atoms with E-state index < -0.39 is 5.91 Å². The van der Waals surface area contributed by atoms with E-state index in [1.807, 2.05) is 65.2 Å². The molecule has 4 aromatic rings. The molecule has 0 spiro atoms. The Balaban J connectivity index is 1.76. The zero-order chi connectivity index (χ0) is 25.1. The quantitative estimate of drug-likeness (QED) is 0.229. The highest BCUT2D eigenvalue weighted by Crippen LogP contribution is 2.26. The lowest BCUT2D eigenvalue weighted by Crippen LogP contribution is -2.33. The van der Waals surface area contributed by atoms with Crippen LogP contribution >= 0.6 is 0 Å². The normalized spacial score (nSPS) is 12.0. The maximum atomic E-state index is 13.6. The SMILES string of the molecule is CC(C)[C@H](NC(=O)c1cc2ccc(C(=N)N)cc2n1Cc1ccc(C(N)=O)cc1)c1ccccc1. The fourth-order valence-electron chi connectivity index (χ4n) is 4.25. The van der Waals surface area contributed by atoms with Gasteiger partial charge in [0.2, 0.25) is 5.91 Å². The van der Waals surface area contributed by atoms with E-state index in [9.17, 15) is 9.59 Å². The van der Waals surface area contributed by atoms with Crippen LogP contribution in [0.1, 0.15) is 57.4 Å². The van der Waals surface area contributed by atoms with Crippen molar-refractivity contribution in [3.63, 3.8) is 0 Å². The van der Waals surface area contributed by atoms with Crippen LogP contribution in [0.3, 0.4) is 0 Å². The number of carbonyl (C=O) groups excluding carboxylic acids is 2. The highest BCUT2D eigenvalue weighted by Gasteiger charge is 2.22. The van der Waals surface area contributed by atoms with Gasteiger partial charge < -0.3 is 21.4 Å².